The summed E-state index contributed by atoms with van der Waals surface area (Å²) >= 11 is 12.6. The minimum absolute atomic E-state index is 0.00745. The molecule has 4 aromatic rings. The van der Waals surface area contributed by atoms with Gasteiger partial charge in [0.1, 0.15) is 12.6 Å². The number of halogens is 2. The van der Waals surface area contributed by atoms with E-state index in [-0.39, 0.29) is 29.8 Å². The summed E-state index contributed by atoms with van der Waals surface area (Å²) in [5.74, 6) is -0.888. The normalized spacial score (nSPS) is 12.7. The molecule has 0 saturated carbocycles. The van der Waals surface area contributed by atoms with Gasteiger partial charge in [0.25, 0.3) is 10.0 Å². The summed E-state index contributed by atoms with van der Waals surface area (Å²) in [5, 5.41) is 3.70. The first-order valence-corrected chi connectivity index (χ1v) is 17.7. The molecule has 0 bridgehead atoms. The molecule has 4 rings (SSSR count). The number of rotatable bonds is 13. The van der Waals surface area contributed by atoms with Gasteiger partial charge in [-0.2, -0.15) is 0 Å². The molecule has 1 N–H and O–H groups in total. The van der Waals surface area contributed by atoms with Gasteiger partial charge in [-0.25, -0.2) is 8.42 Å². The van der Waals surface area contributed by atoms with E-state index in [0.29, 0.717) is 27.7 Å². The van der Waals surface area contributed by atoms with Gasteiger partial charge in [-0.15, -0.1) is 0 Å². The molecule has 47 heavy (non-hydrogen) atoms. The van der Waals surface area contributed by atoms with E-state index < -0.39 is 28.5 Å². The summed E-state index contributed by atoms with van der Waals surface area (Å²) < 4.78 is 29.6. The summed E-state index contributed by atoms with van der Waals surface area (Å²) in [6, 6.07) is 25.2. The van der Waals surface area contributed by atoms with E-state index in [1.807, 2.05) is 71.0 Å². The largest absolute Gasteiger partial charge is 0.352 e. The number of sulfonamides is 1. The first-order valence-electron chi connectivity index (χ1n) is 15.5. The molecule has 0 saturated heterocycles. The first-order chi connectivity index (χ1) is 22.3. The van der Waals surface area contributed by atoms with E-state index in [4.69, 9.17) is 23.2 Å². The van der Waals surface area contributed by atoms with Gasteiger partial charge in [0, 0.05) is 19.0 Å². The highest BCUT2D eigenvalue weighted by Crippen LogP contribution is 2.28. The maximum atomic E-state index is 14.6. The highest BCUT2D eigenvalue weighted by atomic mass is 35.5. The number of aryl methyl sites for hydroxylation is 3. The van der Waals surface area contributed by atoms with E-state index in [2.05, 4.69) is 5.32 Å². The predicted molar refractivity (Wildman–Crippen MR) is 190 cm³/mol. The second-order valence-electron chi connectivity index (χ2n) is 11.9. The number of nitrogens with zero attached hydrogens (tertiary/aromatic N) is 2. The number of hydrogen-bond acceptors (Lipinski definition) is 4. The molecule has 0 heterocycles. The quantitative estimate of drug-likeness (QED) is 0.156. The van der Waals surface area contributed by atoms with E-state index in [9.17, 15) is 18.0 Å². The number of hydrogen-bond donors (Lipinski definition) is 1. The Kier molecular flexibility index (Phi) is 12.1. The molecule has 0 aliphatic carbocycles. The smallest absolute Gasteiger partial charge is 0.264 e. The zero-order valence-corrected chi connectivity index (χ0v) is 29.7. The van der Waals surface area contributed by atoms with Crippen LogP contribution in [-0.4, -0.2) is 43.8 Å². The number of benzene rings is 4. The molecule has 0 unspecified atom stereocenters. The van der Waals surface area contributed by atoms with Crippen LogP contribution in [0.15, 0.2) is 95.9 Å². The fourth-order valence-corrected chi connectivity index (χ4v) is 6.80. The number of anilines is 1. The van der Waals surface area contributed by atoms with Gasteiger partial charge in [-0.1, -0.05) is 90.3 Å². The maximum Gasteiger partial charge on any atom is 0.264 e. The van der Waals surface area contributed by atoms with Crippen molar-refractivity contribution in [1.82, 2.24) is 10.2 Å². The van der Waals surface area contributed by atoms with Crippen molar-refractivity contribution in [2.45, 2.75) is 71.0 Å². The van der Waals surface area contributed by atoms with Crippen molar-refractivity contribution >= 4 is 50.7 Å². The predicted octanol–water partition coefficient (Wildman–Crippen LogP) is 7.67. The van der Waals surface area contributed by atoms with E-state index in [0.717, 1.165) is 26.6 Å². The van der Waals surface area contributed by atoms with Gasteiger partial charge in [-0.3, -0.25) is 13.9 Å². The SMILES string of the molecule is CC[C@@H](C)NC(=O)[C@H](Cc1ccccc1)N(Cc1ccc(Cl)c(Cl)c1)C(=O)CN(c1ccc(C)c(C)c1)S(=O)(=O)c1ccc(C)cc1. The van der Waals surface area contributed by atoms with Crippen LogP contribution in [0.2, 0.25) is 10.0 Å². The number of nitrogens with one attached hydrogen (secondary N) is 1. The second kappa shape index (κ2) is 15.8. The number of carbonyl (C=O) groups is 2. The van der Waals surface area contributed by atoms with Gasteiger partial charge in [0.15, 0.2) is 0 Å². The molecular weight excluding hydrogens is 653 g/mol. The van der Waals surface area contributed by atoms with Crippen molar-refractivity contribution in [3.63, 3.8) is 0 Å². The topological polar surface area (TPSA) is 86.8 Å². The maximum absolute atomic E-state index is 14.6. The van der Waals surface area contributed by atoms with Crippen LogP contribution < -0.4 is 9.62 Å². The Labute approximate surface area is 288 Å². The fraction of sp³-hybridized carbons (Fsp3) is 0.297. The van der Waals surface area contributed by atoms with Crippen LogP contribution in [0.3, 0.4) is 0 Å². The first kappa shape index (κ1) is 36.0. The van der Waals surface area contributed by atoms with Crippen molar-refractivity contribution in [2.75, 3.05) is 10.8 Å². The van der Waals surface area contributed by atoms with Crippen LogP contribution in [0.4, 0.5) is 5.69 Å². The lowest BCUT2D eigenvalue weighted by Crippen LogP contribution is -2.54. The van der Waals surface area contributed by atoms with Gasteiger partial charge in [0.2, 0.25) is 11.8 Å². The van der Waals surface area contributed by atoms with Crippen molar-refractivity contribution < 1.29 is 18.0 Å². The van der Waals surface area contributed by atoms with Gasteiger partial charge < -0.3 is 10.2 Å². The molecule has 10 heteroatoms. The van der Waals surface area contributed by atoms with Gasteiger partial charge in [-0.05, 0) is 92.8 Å². The Balaban J connectivity index is 1.84. The number of amides is 2. The lowest BCUT2D eigenvalue weighted by atomic mass is 10.0. The Morgan fingerprint density at radius 1 is 0.809 bits per heavy atom. The van der Waals surface area contributed by atoms with Crippen LogP contribution >= 0.6 is 23.2 Å². The highest BCUT2D eigenvalue weighted by Gasteiger charge is 2.35. The lowest BCUT2D eigenvalue weighted by Gasteiger charge is -2.34. The zero-order chi connectivity index (χ0) is 34.3. The van der Waals surface area contributed by atoms with Crippen molar-refractivity contribution in [3.8, 4) is 0 Å². The molecule has 0 radical (unpaired) electrons. The molecule has 0 spiro atoms. The van der Waals surface area contributed by atoms with Gasteiger partial charge in [0.05, 0.1) is 20.6 Å². The highest BCUT2D eigenvalue weighted by molar-refractivity contribution is 7.92. The molecule has 4 aromatic carbocycles. The lowest BCUT2D eigenvalue weighted by molar-refractivity contribution is -0.140. The molecule has 0 aromatic heterocycles. The summed E-state index contributed by atoms with van der Waals surface area (Å²) in [4.78, 5) is 30.1. The van der Waals surface area contributed by atoms with Crippen molar-refractivity contribution in [1.29, 1.82) is 0 Å². The Morgan fingerprint density at radius 3 is 2.11 bits per heavy atom. The second-order valence-corrected chi connectivity index (χ2v) is 14.6. The molecule has 0 aliphatic heterocycles. The van der Waals surface area contributed by atoms with E-state index >= 15 is 0 Å². The average Bonchev–Trinajstić information content (AvgIpc) is 3.05. The molecular formula is C37H41Cl2N3O4S. The molecule has 0 aliphatic rings. The van der Waals surface area contributed by atoms with Crippen LogP contribution in [0.25, 0.3) is 0 Å². The van der Waals surface area contributed by atoms with Gasteiger partial charge >= 0.3 is 0 Å². The minimum Gasteiger partial charge on any atom is -0.352 e. The summed E-state index contributed by atoms with van der Waals surface area (Å²) in [6.07, 6.45) is 0.907. The van der Waals surface area contributed by atoms with Crippen LogP contribution in [-0.2, 0) is 32.6 Å². The molecule has 248 valence electrons. The average molecular weight is 695 g/mol. The van der Waals surface area contributed by atoms with E-state index in [1.54, 1.807) is 42.5 Å². The zero-order valence-electron chi connectivity index (χ0n) is 27.3. The molecule has 2 atom stereocenters. The fourth-order valence-electron chi connectivity index (χ4n) is 5.08. The third-order valence-electron chi connectivity index (χ3n) is 8.28. The Hall–Kier alpha value is -3.85. The summed E-state index contributed by atoms with van der Waals surface area (Å²) in [5.41, 5.74) is 4.60. The third-order valence-corrected chi connectivity index (χ3v) is 10.8. The summed E-state index contributed by atoms with van der Waals surface area (Å²) in [6.45, 7) is 9.02. The van der Waals surface area contributed by atoms with Crippen molar-refractivity contribution in [3.05, 3.63) is 129 Å². The molecule has 0 fully saturated rings. The number of carbonyl (C=O) groups excluding carboxylic acids is 2. The van der Waals surface area contributed by atoms with E-state index in [1.165, 1.54) is 17.0 Å². The third kappa shape index (κ3) is 9.15. The Morgan fingerprint density at radius 2 is 1.49 bits per heavy atom. The molecule has 7 nitrogen and oxygen atoms in total. The Bertz CT molecular complexity index is 1820. The molecule has 2 amide bonds. The monoisotopic (exact) mass is 693 g/mol. The minimum atomic E-state index is -4.20. The summed E-state index contributed by atoms with van der Waals surface area (Å²) in [7, 11) is -4.20. The van der Waals surface area contributed by atoms with Crippen molar-refractivity contribution in [2.24, 2.45) is 0 Å². The standard InChI is InChI=1S/C37H41Cl2N3O4S/c1-6-28(5)40-37(44)35(22-29-10-8-7-9-11-29)41(23-30-15-19-33(38)34(39)21-30)36(43)24-42(31-16-14-26(3)27(4)20-31)47(45,46)32-17-12-25(2)13-18-32/h7-21,28,35H,6,22-24H2,1-5H3,(H,40,44)/t28-,35+/m1/s1. The van der Waals surface area contributed by atoms with Crippen LogP contribution in [0.1, 0.15) is 48.1 Å². The van der Waals surface area contributed by atoms with Crippen LogP contribution in [0, 0.1) is 20.8 Å². The van der Waals surface area contributed by atoms with Crippen LogP contribution in [0.5, 0.6) is 0 Å².